The highest BCUT2D eigenvalue weighted by Gasteiger charge is 2.23. The third-order valence-electron chi connectivity index (χ3n) is 3.37. The van der Waals surface area contributed by atoms with Crippen molar-refractivity contribution in [2.45, 2.75) is 0 Å². The minimum Gasteiger partial charge on any atom is -0.478 e. The summed E-state index contributed by atoms with van der Waals surface area (Å²) in [5.74, 6) is -1.01. The highest BCUT2D eigenvalue weighted by Crippen LogP contribution is 2.17. The summed E-state index contributed by atoms with van der Waals surface area (Å²) < 4.78 is 0. The smallest absolute Gasteiger partial charge is 0.335 e. The molecule has 7 nitrogen and oxygen atoms in total. The van der Waals surface area contributed by atoms with Crippen molar-refractivity contribution >= 4 is 17.7 Å². The number of benzene rings is 1. The van der Waals surface area contributed by atoms with Gasteiger partial charge in [-0.15, -0.1) is 0 Å². The number of carboxylic acid groups (broad SMARTS) is 1. The Hall–Kier alpha value is -2.12. The average Bonchev–Trinajstić information content (AvgIpc) is 2.53. The number of hydrogen-bond donors (Lipinski definition) is 3. The molecule has 0 unspecified atom stereocenters. The lowest BCUT2D eigenvalue weighted by Gasteiger charge is -2.33. The number of nitrogens with zero attached hydrogens (tertiary/aromatic N) is 2. The first-order valence-electron chi connectivity index (χ1n) is 6.85. The van der Waals surface area contributed by atoms with Gasteiger partial charge in [0.1, 0.15) is 0 Å². The van der Waals surface area contributed by atoms with Crippen molar-refractivity contribution in [3.05, 3.63) is 29.8 Å². The van der Waals surface area contributed by atoms with Crippen LogP contribution >= 0.6 is 0 Å². The fraction of sp³-hybridized carbons (Fsp3) is 0.429. The predicted molar refractivity (Wildman–Crippen MR) is 77.7 cm³/mol. The van der Waals surface area contributed by atoms with E-state index in [1.165, 1.54) is 17.0 Å². The summed E-state index contributed by atoms with van der Waals surface area (Å²) >= 11 is 0. The van der Waals surface area contributed by atoms with Crippen molar-refractivity contribution in [3.8, 4) is 0 Å². The molecule has 1 aliphatic heterocycles. The first-order valence-corrected chi connectivity index (χ1v) is 6.85. The lowest BCUT2D eigenvalue weighted by Crippen LogP contribution is -2.52. The van der Waals surface area contributed by atoms with Gasteiger partial charge in [-0.3, -0.25) is 4.90 Å². The molecule has 21 heavy (non-hydrogen) atoms. The van der Waals surface area contributed by atoms with E-state index in [0.717, 1.165) is 13.1 Å². The summed E-state index contributed by atoms with van der Waals surface area (Å²) in [5.41, 5.74) is 0.745. The summed E-state index contributed by atoms with van der Waals surface area (Å²) in [6, 6.07) is 5.90. The van der Waals surface area contributed by atoms with E-state index in [-0.39, 0.29) is 24.7 Å². The van der Waals surface area contributed by atoms with Crippen LogP contribution in [0.25, 0.3) is 0 Å². The number of carboxylic acids is 1. The zero-order valence-corrected chi connectivity index (χ0v) is 11.7. The molecule has 0 bridgehead atoms. The fourth-order valence-electron chi connectivity index (χ4n) is 2.25. The molecule has 0 radical (unpaired) electrons. The number of amides is 2. The standard InChI is InChI=1S/C14H19N3O4/c18-10-9-17(14(21)16-7-5-15-6-8-16)12-3-1-11(2-4-12)13(19)20/h1-4,15,18H,5-10H2,(H,19,20). The van der Waals surface area contributed by atoms with E-state index in [1.807, 2.05) is 0 Å². The molecule has 3 N–H and O–H groups in total. The Labute approximate surface area is 122 Å². The number of aliphatic hydroxyl groups excluding tert-OH is 1. The van der Waals surface area contributed by atoms with Crippen LogP contribution in [0.4, 0.5) is 10.5 Å². The molecule has 0 saturated carbocycles. The number of nitrogens with one attached hydrogen (secondary N) is 1. The first-order chi connectivity index (χ1) is 10.1. The third-order valence-corrected chi connectivity index (χ3v) is 3.37. The molecule has 0 atom stereocenters. The quantitative estimate of drug-likeness (QED) is 0.738. The SMILES string of the molecule is O=C(O)c1ccc(N(CCO)C(=O)N2CCNCC2)cc1. The van der Waals surface area contributed by atoms with Gasteiger partial charge < -0.3 is 20.4 Å². The lowest BCUT2D eigenvalue weighted by molar-refractivity contribution is 0.0697. The van der Waals surface area contributed by atoms with E-state index >= 15 is 0 Å². The number of urea groups is 1. The maximum atomic E-state index is 12.5. The van der Waals surface area contributed by atoms with Crippen LogP contribution in [-0.2, 0) is 0 Å². The second-order valence-electron chi connectivity index (χ2n) is 4.75. The molecule has 2 amide bonds. The van der Waals surface area contributed by atoms with Crippen LogP contribution in [0.1, 0.15) is 10.4 Å². The maximum Gasteiger partial charge on any atom is 0.335 e. The second kappa shape index (κ2) is 7.05. The summed E-state index contributed by atoms with van der Waals surface area (Å²) in [7, 11) is 0. The number of carbonyl (C=O) groups is 2. The third kappa shape index (κ3) is 3.71. The van der Waals surface area contributed by atoms with Crippen molar-refractivity contribution in [2.75, 3.05) is 44.2 Å². The van der Waals surface area contributed by atoms with Gasteiger partial charge in [0.25, 0.3) is 0 Å². The van der Waals surface area contributed by atoms with Crippen LogP contribution in [0.2, 0.25) is 0 Å². The van der Waals surface area contributed by atoms with E-state index in [2.05, 4.69) is 5.32 Å². The summed E-state index contributed by atoms with van der Waals surface area (Å²) in [5, 5.41) is 21.2. The van der Waals surface area contributed by atoms with Crippen molar-refractivity contribution in [1.29, 1.82) is 0 Å². The molecule has 0 spiro atoms. The van der Waals surface area contributed by atoms with E-state index in [4.69, 9.17) is 10.2 Å². The van der Waals surface area contributed by atoms with Crippen molar-refractivity contribution < 1.29 is 19.8 Å². The Morgan fingerprint density at radius 3 is 2.33 bits per heavy atom. The van der Waals surface area contributed by atoms with Crippen molar-refractivity contribution in [2.24, 2.45) is 0 Å². The van der Waals surface area contributed by atoms with Crippen LogP contribution in [-0.4, -0.2) is 66.4 Å². The minimum absolute atomic E-state index is 0.154. The molecule has 1 aliphatic rings. The predicted octanol–water partition coefficient (Wildman–Crippen LogP) is 0.209. The molecular weight excluding hydrogens is 274 g/mol. The number of hydrogen-bond acceptors (Lipinski definition) is 4. The number of anilines is 1. The van der Waals surface area contributed by atoms with Gasteiger partial charge in [-0.05, 0) is 24.3 Å². The van der Waals surface area contributed by atoms with Crippen molar-refractivity contribution in [1.82, 2.24) is 10.2 Å². The summed E-state index contributed by atoms with van der Waals surface area (Å²) in [6.45, 7) is 2.75. The van der Waals surface area contributed by atoms with Gasteiger partial charge in [0.15, 0.2) is 0 Å². The molecule has 114 valence electrons. The highest BCUT2D eigenvalue weighted by atomic mass is 16.4. The molecule has 1 saturated heterocycles. The zero-order chi connectivity index (χ0) is 15.2. The van der Waals surface area contributed by atoms with Crippen LogP contribution in [0.5, 0.6) is 0 Å². The molecule has 0 aliphatic carbocycles. The number of rotatable bonds is 4. The Balaban J connectivity index is 2.16. The molecule has 0 aromatic heterocycles. The summed E-state index contributed by atoms with van der Waals surface area (Å²) in [6.07, 6.45) is 0. The van der Waals surface area contributed by atoms with E-state index in [0.29, 0.717) is 18.8 Å². The Morgan fingerprint density at radius 2 is 1.81 bits per heavy atom. The highest BCUT2D eigenvalue weighted by molar-refractivity contribution is 5.93. The molecule has 7 heteroatoms. The Morgan fingerprint density at radius 1 is 1.19 bits per heavy atom. The number of aliphatic hydroxyl groups is 1. The van der Waals surface area contributed by atoms with Gasteiger partial charge in [-0.2, -0.15) is 0 Å². The normalized spacial score (nSPS) is 14.8. The minimum atomic E-state index is -1.01. The van der Waals surface area contributed by atoms with Crippen LogP contribution in [0.15, 0.2) is 24.3 Å². The topological polar surface area (TPSA) is 93.1 Å². The van der Waals surface area contributed by atoms with Gasteiger partial charge in [-0.1, -0.05) is 0 Å². The first kappa shape index (κ1) is 15.3. The van der Waals surface area contributed by atoms with Gasteiger partial charge in [0.05, 0.1) is 18.7 Å². The van der Waals surface area contributed by atoms with Crippen LogP contribution in [0.3, 0.4) is 0 Å². The maximum absolute atomic E-state index is 12.5. The van der Waals surface area contributed by atoms with Gasteiger partial charge in [0.2, 0.25) is 0 Å². The summed E-state index contributed by atoms with van der Waals surface area (Å²) in [4.78, 5) is 26.5. The second-order valence-corrected chi connectivity index (χ2v) is 4.75. The molecule has 1 fully saturated rings. The monoisotopic (exact) mass is 293 g/mol. The van der Waals surface area contributed by atoms with E-state index in [1.54, 1.807) is 17.0 Å². The van der Waals surface area contributed by atoms with Crippen molar-refractivity contribution in [3.63, 3.8) is 0 Å². The van der Waals surface area contributed by atoms with Gasteiger partial charge >= 0.3 is 12.0 Å². The average molecular weight is 293 g/mol. The largest absolute Gasteiger partial charge is 0.478 e. The van der Waals surface area contributed by atoms with Gasteiger partial charge in [-0.25, -0.2) is 9.59 Å². The lowest BCUT2D eigenvalue weighted by atomic mass is 10.2. The Kier molecular flexibility index (Phi) is 5.13. The number of carbonyl (C=O) groups excluding carboxylic acids is 1. The molecule has 1 aromatic rings. The zero-order valence-electron chi connectivity index (χ0n) is 11.7. The molecular formula is C14H19N3O4. The van der Waals surface area contributed by atoms with E-state index in [9.17, 15) is 9.59 Å². The number of aromatic carboxylic acids is 1. The molecule has 1 heterocycles. The van der Waals surface area contributed by atoms with Crippen LogP contribution < -0.4 is 10.2 Å². The fourth-order valence-corrected chi connectivity index (χ4v) is 2.25. The number of piperazine rings is 1. The Bertz CT molecular complexity index is 497. The van der Waals surface area contributed by atoms with E-state index < -0.39 is 5.97 Å². The van der Waals surface area contributed by atoms with Crippen LogP contribution in [0, 0.1) is 0 Å². The molecule has 1 aromatic carbocycles. The molecule has 2 rings (SSSR count). The van der Waals surface area contributed by atoms with Gasteiger partial charge in [0, 0.05) is 31.9 Å².